The largest absolute Gasteiger partial charge is 0.462 e. The maximum absolute atomic E-state index is 12.6. The number of nitrogens with zero attached hydrogens (tertiary/aromatic N) is 1. The second kappa shape index (κ2) is 10.4. The fraction of sp³-hybridized carbons (Fsp3) is 0.435. The van der Waals surface area contributed by atoms with E-state index < -0.39 is 0 Å². The van der Waals surface area contributed by atoms with Crippen molar-refractivity contribution < 1.29 is 19.1 Å². The van der Waals surface area contributed by atoms with Gasteiger partial charge in [-0.15, -0.1) is 11.3 Å². The molecule has 1 aromatic heterocycles. The van der Waals surface area contributed by atoms with Crippen molar-refractivity contribution in [2.75, 3.05) is 25.0 Å². The molecule has 7 heteroatoms. The van der Waals surface area contributed by atoms with E-state index in [0.717, 1.165) is 17.5 Å². The summed E-state index contributed by atoms with van der Waals surface area (Å²) in [5.74, 6) is -0.395. The average molecular weight is 429 g/mol. The Bertz CT molecular complexity index is 886. The van der Waals surface area contributed by atoms with E-state index in [2.05, 4.69) is 5.32 Å². The van der Waals surface area contributed by atoms with Crippen LogP contribution < -0.4 is 5.32 Å². The lowest BCUT2D eigenvalue weighted by Crippen LogP contribution is -2.41. The highest BCUT2D eigenvalue weighted by Crippen LogP contribution is 2.29. The zero-order valence-corrected chi connectivity index (χ0v) is 18.3. The molecule has 6 nitrogen and oxygen atoms in total. The highest BCUT2D eigenvalue weighted by atomic mass is 32.1. The molecule has 0 bridgehead atoms. The van der Waals surface area contributed by atoms with Crippen molar-refractivity contribution in [2.24, 2.45) is 5.92 Å². The maximum Gasteiger partial charge on any atom is 0.348 e. The molecule has 2 heterocycles. The van der Waals surface area contributed by atoms with Crippen LogP contribution in [0.4, 0.5) is 5.00 Å². The van der Waals surface area contributed by atoms with Gasteiger partial charge in [0.25, 0.3) is 0 Å². The summed E-state index contributed by atoms with van der Waals surface area (Å²) in [7, 11) is 0. The Labute approximate surface area is 181 Å². The molecule has 1 saturated heterocycles. The van der Waals surface area contributed by atoms with Gasteiger partial charge in [-0.25, -0.2) is 4.79 Å². The van der Waals surface area contributed by atoms with Gasteiger partial charge >= 0.3 is 5.97 Å². The van der Waals surface area contributed by atoms with Gasteiger partial charge in [-0.3, -0.25) is 9.59 Å². The monoisotopic (exact) mass is 428 g/mol. The fourth-order valence-electron chi connectivity index (χ4n) is 3.61. The van der Waals surface area contributed by atoms with Crippen LogP contribution in [0.25, 0.3) is 0 Å². The van der Waals surface area contributed by atoms with E-state index in [9.17, 15) is 14.4 Å². The number of anilines is 1. The van der Waals surface area contributed by atoms with Crippen molar-refractivity contribution in [3.05, 3.63) is 52.4 Å². The Morgan fingerprint density at radius 3 is 2.53 bits per heavy atom. The van der Waals surface area contributed by atoms with Crippen LogP contribution in [0, 0.1) is 12.8 Å². The molecule has 2 aromatic rings. The summed E-state index contributed by atoms with van der Waals surface area (Å²) in [5, 5.41) is 3.58. The highest BCUT2D eigenvalue weighted by Gasteiger charge is 2.28. The topological polar surface area (TPSA) is 75.7 Å². The smallest absolute Gasteiger partial charge is 0.348 e. The number of esters is 1. The van der Waals surface area contributed by atoms with Gasteiger partial charge in [0, 0.05) is 25.4 Å². The first-order chi connectivity index (χ1) is 14.5. The third kappa shape index (κ3) is 5.69. The van der Waals surface area contributed by atoms with Gasteiger partial charge in [0.15, 0.2) is 0 Å². The van der Waals surface area contributed by atoms with Gasteiger partial charge in [0.2, 0.25) is 11.8 Å². The minimum Gasteiger partial charge on any atom is -0.462 e. The van der Waals surface area contributed by atoms with Crippen LogP contribution in [-0.2, 0) is 20.7 Å². The predicted molar refractivity (Wildman–Crippen MR) is 118 cm³/mol. The summed E-state index contributed by atoms with van der Waals surface area (Å²) in [6.45, 7) is 5.12. The Hall–Kier alpha value is -2.67. The Morgan fingerprint density at radius 1 is 1.17 bits per heavy atom. The first-order valence-corrected chi connectivity index (χ1v) is 11.2. The summed E-state index contributed by atoms with van der Waals surface area (Å²) < 4.78 is 5.05. The second-order valence-corrected chi connectivity index (χ2v) is 8.53. The van der Waals surface area contributed by atoms with Crippen molar-refractivity contribution in [2.45, 2.75) is 39.5 Å². The third-order valence-electron chi connectivity index (χ3n) is 5.31. The van der Waals surface area contributed by atoms with Crippen molar-refractivity contribution in [3.63, 3.8) is 0 Å². The third-order valence-corrected chi connectivity index (χ3v) is 6.45. The van der Waals surface area contributed by atoms with Crippen LogP contribution >= 0.6 is 11.3 Å². The van der Waals surface area contributed by atoms with Crippen molar-refractivity contribution in [1.29, 1.82) is 0 Å². The van der Waals surface area contributed by atoms with Crippen molar-refractivity contribution in [3.8, 4) is 0 Å². The Morgan fingerprint density at radius 2 is 1.87 bits per heavy atom. The summed E-state index contributed by atoms with van der Waals surface area (Å²) in [4.78, 5) is 39.5. The maximum atomic E-state index is 12.6. The predicted octanol–water partition coefficient (Wildman–Crippen LogP) is 4.04. The van der Waals surface area contributed by atoms with Gasteiger partial charge < -0.3 is 15.0 Å². The Balaban J connectivity index is 1.46. The number of hydrogen-bond acceptors (Lipinski definition) is 5. The number of carbonyl (C=O) groups is 3. The van der Waals surface area contributed by atoms with E-state index in [0.29, 0.717) is 48.8 Å². The second-order valence-electron chi connectivity index (χ2n) is 7.47. The van der Waals surface area contributed by atoms with Crippen LogP contribution in [0.3, 0.4) is 0 Å². The number of hydrogen-bond donors (Lipinski definition) is 1. The van der Waals surface area contributed by atoms with E-state index in [1.165, 1.54) is 11.3 Å². The standard InChI is InChI=1S/C23H28N2O4S/c1-3-29-23(28)21-16(2)15-19(30-21)24-22(27)18-11-13-25(14-12-18)20(26)10-9-17-7-5-4-6-8-17/h4-8,15,18H,3,9-14H2,1-2H3,(H,24,27). The minimum atomic E-state index is -0.358. The first kappa shape index (κ1) is 22.0. The summed E-state index contributed by atoms with van der Waals surface area (Å²) in [6.07, 6.45) is 2.53. The van der Waals surface area contributed by atoms with Crippen LogP contribution in [0.1, 0.15) is 47.0 Å². The zero-order valence-electron chi connectivity index (χ0n) is 17.5. The van der Waals surface area contributed by atoms with Gasteiger partial charge in [0.1, 0.15) is 4.88 Å². The van der Waals surface area contributed by atoms with Crippen LogP contribution in [0.5, 0.6) is 0 Å². The van der Waals surface area contributed by atoms with Crippen molar-refractivity contribution in [1.82, 2.24) is 4.90 Å². The number of carbonyl (C=O) groups excluding carboxylic acids is 3. The van der Waals surface area contributed by atoms with Crippen molar-refractivity contribution >= 4 is 34.1 Å². The number of aryl methyl sites for hydroxylation is 2. The van der Waals surface area contributed by atoms with Gasteiger partial charge in [-0.1, -0.05) is 30.3 Å². The lowest BCUT2D eigenvalue weighted by Gasteiger charge is -2.31. The number of piperidine rings is 1. The highest BCUT2D eigenvalue weighted by molar-refractivity contribution is 7.18. The number of thiophene rings is 1. The lowest BCUT2D eigenvalue weighted by atomic mass is 9.95. The van der Waals surface area contributed by atoms with Crippen LogP contribution in [0.15, 0.2) is 36.4 Å². The lowest BCUT2D eigenvalue weighted by molar-refractivity contribution is -0.134. The number of rotatable bonds is 7. The number of amides is 2. The zero-order chi connectivity index (χ0) is 21.5. The molecule has 2 amide bonds. The molecule has 0 radical (unpaired) electrons. The molecule has 0 saturated carbocycles. The van der Waals surface area contributed by atoms with E-state index >= 15 is 0 Å². The summed E-state index contributed by atoms with van der Waals surface area (Å²) in [6, 6.07) is 11.8. The molecule has 30 heavy (non-hydrogen) atoms. The van der Waals surface area contributed by atoms with E-state index in [-0.39, 0.29) is 23.7 Å². The molecular weight excluding hydrogens is 400 g/mol. The number of nitrogens with one attached hydrogen (secondary N) is 1. The molecule has 0 aliphatic carbocycles. The van der Waals surface area contributed by atoms with E-state index in [1.807, 2.05) is 42.2 Å². The van der Waals surface area contributed by atoms with E-state index in [1.54, 1.807) is 13.0 Å². The van der Waals surface area contributed by atoms with Crippen LogP contribution in [0.2, 0.25) is 0 Å². The molecular formula is C23H28N2O4S. The summed E-state index contributed by atoms with van der Waals surface area (Å²) >= 11 is 1.24. The molecule has 1 aliphatic heterocycles. The molecule has 160 valence electrons. The molecule has 0 spiro atoms. The Kier molecular flexibility index (Phi) is 7.63. The van der Waals surface area contributed by atoms with Gasteiger partial charge in [0.05, 0.1) is 11.6 Å². The molecule has 0 atom stereocenters. The SMILES string of the molecule is CCOC(=O)c1sc(NC(=O)C2CCN(C(=O)CCc3ccccc3)CC2)cc1C. The fourth-order valence-corrected chi connectivity index (χ4v) is 4.58. The molecule has 0 unspecified atom stereocenters. The molecule has 1 fully saturated rings. The first-order valence-electron chi connectivity index (χ1n) is 10.4. The molecule has 1 aliphatic rings. The quantitative estimate of drug-likeness (QED) is 0.675. The van der Waals surface area contributed by atoms with Gasteiger partial charge in [-0.05, 0) is 50.3 Å². The minimum absolute atomic E-state index is 0.0527. The van der Waals surface area contributed by atoms with Crippen LogP contribution in [-0.4, -0.2) is 42.4 Å². The molecule has 1 aromatic carbocycles. The number of ether oxygens (including phenoxy) is 1. The number of benzene rings is 1. The summed E-state index contributed by atoms with van der Waals surface area (Å²) in [5.41, 5.74) is 1.96. The molecule has 3 rings (SSSR count). The van der Waals surface area contributed by atoms with E-state index in [4.69, 9.17) is 4.74 Å². The van der Waals surface area contributed by atoms with Gasteiger partial charge in [-0.2, -0.15) is 0 Å². The number of likely N-dealkylation sites (tertiary alicyclic amines) is 1. The average Bonchev–Trinajstić information content (AvgIpc) is 3.13. The molecule has 1 N–H and O–H groups in total. The normalized spacial score (nSPS) is 14.4.